The lowest BCUT2D eigenvalue weighted by Crippen LogP contribution is -3.00. The highest BCUT2D eigenvalue weighted by atomic mass is 79.9. The topological polar surface area (TPSA) is 9.23 Å². The fraction of sp³-hybridized carbons (Fsp3) is 1.00. The lowest BCUT2D eigenvalue weighted by molar-refractivity contribution is -0.974. The van der Waals surface area contributed by atoms with Crippen LogP contribution >= 0.6 is 0 Å². The van der Waals surface area contributed by atoms with Crippen molar-refractivity contribution >= 4 is 0 Å². The van der Waals surface area contributed by atoms with Crippen LogP contribution < -0.4 is 34.0 Å². The van der Waals surface area contributed by atoms with Crippen LogP contribution in [0.1, 0.15) is 85.0 Å². The van der Waals surface area contributed by atoms with Crippen molar-refractivity contribution < 1.29 is 47.7 Å². The van der Waals surface area contributed by atoms with E-state index < -0.39 is 0 Å². The van der Waals surface area contributed by atoms with Gasteiger partial charge in [0.1, 0.15) is 0 Å². The van der Waals surface area contributed by atoms with Crippen molar-refractivity contribution in [2.75, 3.05) is 52.4 Å². The van der Waals surface area contributed by atoms with E-state index in [-0.39, 0.29) is 34.0 Å². The number of piperidine rings is 2. The molecule has 0 saturated carbocycles. The van der Waals surface area contributed by atoms with Gasteiger partial charge in [-0.05, 0) is 71.6 Å². The molecule has 5 heteroatoms. The van der Waals surface area contributed by atoms with Crippen LogP contribution in [0.5, 0.6) is 0 Å². The number of rotatable bonds is 11. The Bertz CT molecular complexity index is 356. The average molecular weight is 514 g/mol. The van der Waals surface area contributed by atoms with Gasteiger partial charge in [0, 0.05) is 6.42 Å². The first-order valence-electron chi connectivity index (χ1n) is 11.5. The van der Waals surface area contributed by atoms with E-state index >= 15 is 0 Å². The largest absolute Gasteiger partial charge is 1.00 e. The Morgan fingerprint density at radius 1 is 0.741 bits per heavy atom. The molecule has 3 nitrogen and oxygen atoms in total. The third-order valence-corrected chi connectivity index (χ3v) is 7.26. The van der Waals surface area contributed by atoms with Crippen LogP contribution in [0.25, 0.3) is 0 Å². The van der Waals surface area contributed by atoms with Crippen molar-refractivity contribution in [1.82, 2.24) is 0 Å². The number of hydrogen-bond donors (Lipinski definition) is 0. The van der Waals surface area contributed by atoms with E-state index in [0.717, 1.165) is 6.61 Å². The summed E-state index contributed by atoms with van der Waals surface area (Å²) < 4.78 is 9.16. The fourth-order valence-electron chi connectivity index (χ4n) is 5.36. The third kappa shape index (κ3) is 8.24. The summed E-state index contributed by atoms with van der Waals surface area (Å²) in [5.74, 6) is 0. The molecule has 164 valence electrons. The van der Waals surface area contributed by atoms with E-state index in [0.29, 0.717) is 6.23 Å². The number of likely N-dealkylation sites (tertiary alicyclic amines) is 2. The molecule has 1 atom stereocenters. The van der Waals surface area contributed by atoms with Gasteiger partial charge in [-0.2, -0.15) is 0 Å². The van der Waals surface area contributed by atoms with Crippen LogP contribution in [0, 0.1) is 0 Å². The van der Waals surface area contributed by atoms with Crippen LogP contribution in [-0.2, 0) is 4.74 Å². The number of halogens is 2. The highest BCUT2D eigenvalue weighted by Gasteiger charge is 2.37. The Hall–Kier alpha value is 0.840. The molecule has 2 aliphatic heterocycles. The summed E-state index contributed by atoms with van der Waals surface area (Å²) in [6.07, 6.45) is 14.1. The molecule has 27 heavy (non-hydrogen) atoms. The number of ether oxygens (including phenoxy) is 1. The van der Waals surface area contributed by atoms with Gasteiger partial charge in [-0.3, -0.25) is 4.48 Å². The number of unbranched alkanes of at least 4 members (excludes halogenated alkanes) is 1. The molecule has 2 fully saturated rings. The minimum absolute atomic E-state index is 0. The summed E-state index contributed by atoms with van der Waals surface area (Å²) in [6.45, 7) is 17.6. The second-order valence-corrected chi connectivity index (χ2v) is 8.75. The van der Waals surface area contributed by atoms with E-state index in [1.807, 2.05) is 0 Å². The Kier molecular flexibility index (Phi) is 15.2. The van der Waals surface area contributed by atoms with Gasteiger partial charge in [0.15, 0.2) is 6.23 Å². The molecule has 0 spiro atoms. The smallest absolute Gasteiger partial charge is 0.193 e. The lowest BCUT2D eigenvalue weighted by Gasteiger charge is -2.46. The molecule has 2 rings (SSSR count). The zero-order valence-electron chi connectivity index (χ0n) is 18.4. The summed E-state index contributed by atoms with van der Waals surface area (Å²) in [4.78, 5) is 0. The van der Waals surface area contributed by atoms with Gasteiger partial charge >= 0.3 is 0 Å². The Labute approximate surface area is 190 Å². The van der Waals surface area contributed by atoms with Gasteiger partial charge in [-0.1, -0.05) is 6.92 Å². The quantitative estimate of drug-likeness (QED) is 0.253. The maximum atomic E-state index is 6.54. The minimum atomic E-state index is 0. The van der Waals surface area contributed by atoms with Crippen LogP contribution in [0.2, 0.25) is 0 Å². The second kappa shape index (κ2) is 14.8. The van der Waals surface area contributed by atoms with Gasteiger partial charge in [0.2, 0.25) is 0 Å². The zero-order valence-corrected chi connectivity index (χ0v) is 21.5. The molecule has 0 bridgehead atoms. The minimum Gasteiger partial charge on any atom is -1.00 e. The second-order valence-electron chi connectivity index (χ2n) is 8.75. The first-order chi connectivity index (χ1) is 12.2. The van der Waals surface area contributed by atoms with Crippen molar-refractivity contribution in [3.05, 3.63) is 0 Å². The van der Waals surface area contributed by atoms with Crippen molar-refractivity contribution in [1.29, 1.82) is 0 Å². The van der Waals surface area contributed by atoms with Crippen molar-refractivity contribution in [2.24, 2.45) is 0 Å². The average Bonchev–Trinajstić information content (AvgIpc) is 2.68. The number of hydrogen-bond acceptors (Lipinski definition) is 1. The highest BCUT2D eigenvalue weighted by molar-refractivity contribution is 4.59. The monoisotopic (exact) mass is 512 g/mol. The standard InChI is InChI=1S/C22H46N2O.2BrH/c1-4-15-22(24(6-3)19-11-8-12-20-24)25-21-14-13-18-23(5-2)16-9-7-10-17-23;;/h22H,4-21H2,1-3H3;2*1H/q+2;;/p-2. The van der Waals surface area contributed by atoms with E-state index in [1.54, 1.807) is 0 Å². The molecule has 2 saturated heterocycles. The predicted molar refractivity (Wildman–Crippen MR) is 108 cm³/mol. The van der Waals surface area contributed by atoms with Crippen LogP contribution in [-0.4, -0.2) is 67.6 Å². The maximum absolute atomic E-state index is 6.54. The molecule has 0 N–H and O–H groups in total. The highest BCUT2D eigenvalue weighted by Crippen LogP contribution is 2.26. The first kappa shape index (κ1) is 27.8. The SMILES string of the molecule is CCCC(OCCCC[N+]1(CC)CCCCC1)[N+]1(CC)CCCCC1.[Br-].[Br-]. The van der Waals surface area contributed by atoms with E-state index in [1.165, 1.54) is 119 Å². The van der Waals surface area contributed by atoms with E-state index in [9.17, 15) is 0 Å². The molecule has 0 aromatic rings. The van der Waals surface area contributed by atoms with Gasteiger partial charge in [0.25, 0.3) is 0 Å². The first-order valence-corrected chi connectivity index (χ1v) is 11.5. The summed E-state index contributed by atoms with van der Waals surface area (Å²) in [7, 11) is 0. The molecule has 2 aliphatic rings. The Morgan fingerprint density at radius 3 is 1.85 bits per heavy atom. The predicted octanol–water partition coefficient (Wildman–Crippen LogP) is -1.04. The number of quaternary nitrogens is 2. The van der Waals surface area contributed by atoms with E-state index in [4.69, 9.17) is 4.74 Å². The van der Waals surface area contributed by atoms with Crippen molar-refractivity contribution in [3.8, 4) is 0 Å². The van der Waals surface area contributed by atoms with Gasteiger partial charge in [-0.25, -0.2) is 0 Å². The molecule has 2 heterocycles. The van der Waals surface area contributed by atoms with Crippen LogP contribution in [0.3, 0.4) is 0 Å². The van der Waals surface area contributed by atoms with Gasteiger partial charge in [-0.15, -0.1) is 0 Å². The van der Waals surface area contributed by atoms with Crippen molar-refractivity contribution in [3.63, 3.8) is 0 Å². The normalized spacial score (nSPS) is 22.3. The Morgan fingerprint density at radius 2 is 1.33 bits per heavy atom. The van der Waals surface area contributed by atoms with E-state index in [2.05, 4.69) is 20.8 Å². The fourth-order valence-corrected chi connectivity index (χ4v) is 5.36. The molecule has 0 amide bonds. The number of nitrogens with zero attached hydrogens (tertiary/aromatic N) is 2. The molecule has 1 unspecified atom stereocenters. The molecular formula is C22H46Br2N2O. The molecule has 0 radical (unpaired) electrons. The summed E-state index contributed by atoms with van der Waals surface area (Å²) in [6, 6.07) is 0. The lowest BCUT2D eigenvalue weighted by atomic mass is 10.1. The zero-order chi connectivity index (χ0) is 18.0. The van der Waals surface area contributed by atoms with Crippen LogP contribution in [0.4, 0.5) is 0 Å². The molecule has 0 aromatic carbocycles. The third-order valence-electron chi connectivity index (χ3n) is 7.26. The van der Waals surface area contributed by atoms with Gasteiger partial charge < -0.3 is 43.2 Å². The molecule has 0 aliphatic carbocycles. The Balaban J connectivity index is 0.00000338. The summed E-state index contributed by atoms with van der Waals surface area (Å²) in [5, 5.41) is 0. The van der Waals surface area contributed by atoms with Crippen LogP contribution in [0.15, 0.2) is 0 Å². The molecular weight excluding hydrogens is 468 g/mol. The summed E-state index contributed by atoms with van der Waals surface area (Å²) in [5.41, 5.74) is 0. The molecule has 0 aromatic heterocycles. The van der Waals surface area contributed by atoms with Crippen molar-refractivity contribution in [2.45, 2.75) is 91.2 Å². The summed E-state index contributed by atoms with van der Waals surface area (Å²) >= 11 is 0. The van der Waals surface area contributed by atoms with Gasteiger partial charge in [0.05, 0.1) is 52.4 Å². The maximum Gasteiger partial charge on any atom is 0.193 e.